The van der Waals surface area contributed by atoms with Gasteiger partial charge in [-0.25, -0.2) is 0 Å². The van der Waals surface area contributed by atoms with Crippen molar-refractivity contribution in [3.05, 3.63) is 0 Å². The molecule has 0 saturated carbocycles. The van der Waals surface area contributed by atoms with Crippen LogP contribution in [0.3, 0.4) is 0 Å². The van der Waals surface area contributed by atoms with Gasteiger partial charge in [-0.2, -0.15) is 96.6 Å². The van der Waals surface area contributed by atoms with Crippen molar-refractivity contribution in [2.24, 2.45) is 0 Å². The summed E-state index contributed by atoms with van der Waals surface area (Å²) < 4.78 is 310. The summed E-state index contributed by atoms with van der Waals surface area (Å²) in [6, 6.07) is 0. The molecule has 0 aliphatic heterocycles. The Bertz CT molecular complexity index is 994. The molecule has 0 aliphatic rings. The maximum Gasteiger partial charge on any atom is 0.582 e. The van der Waals surface area contributed by atoms with Crippen LogP contribution in [0.2, 0.25) is 0 Å². The SMILES string of the molecule is CCO[Si](OCC)(OCC)C(F)(F)C(F)(F)C(F)(F)C(F)(F)C(F)(F)F.CO[Si](OC)(OC)C(F)(F)C(F)(F)C(F)(F)C(F)(F)C(F)(F)F. The highest BCUT2D eigenvalue weighted by molar-refractivity contribution is 6.64. The van der Waals surface area contributed by atoms with Crippen molar-refractivity contribution in [2.45, 2.75) is 79.8 Å². The molecule has 0 spiro atoms. The highest BCUT2D eigenvalue weighted by Gasteiger charge is 2.93. The predicted molar refractivity (Wildman–Crippen MR) is 119 cm³/mol. The van der Waals surface area contributed by atoms with Gasteiger partial charge in [0.15, 0.2) is 0 Å². The molecule has 0 radical (unpaired) electrons. The van der Waals surface area contributed by atoms with Gasteiger partial charge in [0.2, 0.25) is 0 Å². The average molecular weight is 823 g/mol. The molecule has 0 N–H and O–H groups in total. The van der Waals surface area contributed by atoms with E-state index in [0.29, 0.717) is 0 Å². The zero-order valence-corrected chi connectivity index (χ0v) is 26.9. The number of hydrogen-bond donors (Lipinski definition) is 0. The lowest BCUT2D eigenvalue weighted by atomic mass is 10.0. The summed E-state index contributed by atoms with van der Waals surface area (Å²) in [5.74, 6) is -44.5. The van der Waals surface area contributed by atoms with Crippen molar-refractivity contribution in [3.8, 4) is 0 Å². The standard InChI is InChI=1S/C11H15F11O3Si.C8H9F11O3Si/c1-4-23-26(24-5-2,25-6-3)11(21,22)9(16,17)7(12,13)8(14,15)10(18,19)20;1-20-23(21-2,22-3)8(18,19)6(13,14)4(9,10)5(11,12)7(15,16)17/h4-6H2,1-3H3;1-3H3. The maximum atomic E-state index is 14.3. The minimum absolute atomic E-state index is 0.239. The Morgan fingerprint density at radius 2 is 0.531 bits per heavy atom. The molecule has 6 nitrogen and oxygen atoms in total. The fraction of sp³-hybridized carbons (Fsp3) is 1.00. The fourth-order valence-corrected chi connectivity index (χ4v) is 7.42. The van der Waals surface area contributed by atoms with Crippen LogP contribution in [-0.2, 0) is 26.6 Å². The molecule has 0 aromatic heterocycles. The molecule has 0 heterocycles. The summed E-state index contributed by atoms with van der Waals surface area (Å²) in [7, 11) is -11.5. The summed E-state index contributed by atoms with van der Waals surface area (Å²) in [4.78, 5) is 0. The van der Waals surface area contributed by atoms with Crippen molar-refractivity contribution in [3.63, 3.8) is 0 Å². The number of hydrogen-bond acceptors (Lipinski definition) is 6. The van der Waals surface area contributed by atoms with Gasteiger partial charge in [0, 0.05) is 41.2 Å². The van der Waals surface area contributed by atoms with E-state index in [4.69, 9.17) is 0 Å². The summed E-state index contributed by atoms with van der Waals surface area (Å²) in [6.45, 7) is 0.237. The second-order valence-corrected chi connectivity index (χ2v) is 14.2. The monoisotopic (exact) mass is 822 g/mol. The van der Waals surface area contributed by atoms with Gasteiger partial charge in [-0.05, 0) is 20.8 Å². The third-order valence-electron chi connectivity index (χ3n) is 5.66. The highest BCUT2D eigenvalue weighted by Crippen LogP contribution is 2.60. The van der Waals surface area contributed by atoms with Crippen LogP contribution in [0.5, 0.6) is 0 Å². The van der Waals surface area contributed by atoms with Gasteiger partial charge in [-0.1, -0.05) is 0 Å². The van der Waals surface area contributed by atoms with E-state index in [0.717, 1.165) is 20.8 Å². The zero-order chi connectivity index (χ0) is 40.4. The van der Waals surface area contributed by atoms with Gasteiger partial charge >= 0.3 is 76.6 Å². The molecule has 0 unspecified atom stereocenters. The Balaban J connectivity index is 0. The van der Waals surface area contributed by atoms with Crippen molar-refractivity contribution >= 4 is 17.6 Å². The van der Waals surface area contributed by atoms with Crippen molar-refractivity contribution in [2.75, 3.05) is 41.2 Å². The topological polar surface area (TPSA) is 55.4 Å². The molecule has 298 valence electrons. The molecule has 0 saturated heterocycles. The summed E-state index contributed by atoms with van der Waals surface area (Å²) in [5, 5.41) is 0. The van der Waals surface area contributed by atoms with Crippen LogP contribution in [0.1, 0.15) is 20.8 Å². The van der Waals surface area contributed by atoms with Crippen LogP contribution in [0.25, 0.3) is 0 Å². The minimum atomic E-state index is -7.54. The molecule has 0 amide bonds. The van der Waals surface area contributed by atoms with E-state index >= 15 is 0 Å². The van der Waals surface area contributed by atoms with Gasteiger partial charge in [0.05, 0.1) is 0 Å². The minimum Gasteiger partial charge on any atom is -0.373 e. The van der Waals surface area contributed by atoms with Crippen LogP contribution in [-0.4, -0.2) is 118 Å². The van der Waals surface area contributed by atoms with Gasteiger partial charge in [0.1, 0.15) is 0 Å². The lowest BCUT2D eigenvalue weighted by Crippen LogP contribution is -2.75. The Labute approximate surface area is 262 Å². The van der Waals surface area contributed by atoms with Crippen LogP contribution in [0, 0.1) is 0 Å². The first-order valence-electron chi connectivity index (χ1n) is 12.1. The van der Waals surface area contributed by atoms with E-state index in [-0.39, 0.29) is 21.3 Å². The Morgan fingerprint density at radius 3 is 0.694 bits per heavy atom. The third-order valence-corrected chi connectivity index (χ3v) is 11.4. The molecule has 0 bridgehead atoms. The predicted octanol–water partition coefficient (Wildman–Crippen LogP) is 8.18. The molecule has 0 aromatic carbocycles. The maximum absolute atomic E-state index is 14.3. The fourth-order valence-electron chi connectivity index (χ4n) is 3.13. The quantitative estimate of drug-likeness (QED) is 0.109. The summed E-state index contributed by atoms with van der Waals surface area (Å²) in [5.41, 5.74) is -12.6. The molecule has 0 aromatic rings. The van der Waals surface area contributed by atoms with E-state index in [9.17, 15) is 96.6 Å². The van der Waals surface area contributed by atoms with Gasteiger partial charge in [-0.15, -0.1) is 0 Å². The number of rotatable bonds is 17. The molecular weight excluding hydrogens is 798 g/mol. The first-order valence-corrected chi connectivity index (χ1v) is 15.5. The molecule has 0 aliphatic carbocycles. The number of halogens is 22. The summed E-state index contributed by atoms with van der Waals surface area (Å²) in [6.07, 6.45) is -14.5. The lowest BCUT2D eigenvalue weighted by molar-refractivity contribution is -0.417. The van der Waals surface area contributed by atoms with E-state index in [1.54, 1.807) is 0 Å². The lowest BCUT2D eigenvalue weighted by Gasteiger charge is -2.42. The number of alkyl halides is 22. The van der Waals surface area contributed by atoms with Gasteiger partial charge in [-0.3, -0.25) is 0 Å². The molecule has 30 heteroatoms. The van der Waals surface area contributed by atoms with E-state index in [1.165, 1.54) is 0 Å². The first-order chi connectivity index (χ1) is 21.4. The van der Waals surface area contributed by atoms with Crippen molar-refractivity contribution < 1.29 is 123 Å². The van der Waals surface area contributed by atoms with E-state index < -0.39 is 96.4 Å². The Kier molecular flexibility index (Phi) is 15.6. The first kappa shape index (κ1) is 49.8. The molecule has 49 heavy (non-hydrogen) atoms. The third kappa shape index (κ3) is 7.74. The largest absolute Gasteiger partial charge is 0.582 e. The van der Waals surface area contributed by atoms with Gasteiger partial charge < -0.3 is 26.6 Å². The van der Waals surface area contributed by atoms with Crippen LogP contribution in [0.15, 0.2) is 0 Å². The molecule has 0 atom stereocenters. The van der Waals surface area contributed by atoms with E-state index in [1.807, 2.05) is 0 Å². The Morgan fingerprint density at radius 1 is 0.327 bits per heavy atom. The second kappa shape index (κ2) is 15.3. The van der Waals surface area contributed by atoms with Crippen molar-refractivity contribution in [1.82, 2.24) is 0 Å². The van der Waals surface area contributed by atoms with Crippen LogP contribution >= 0.6 is 0 Å². The average Bonchev–Trinajstić information content (AvgIpc) is 2.93. The normalized spacial score (nSPS) is 15.7. The second-order valence-electron chi connectivity index (χ2n) is 8.61. The highest BCUT2D eigenvalue weighted by atomic mass is 28.4. The molecule has 0 rings (SSSR count). The Hall–Kier alpha value is -1.35. The smallest absolute Gasteiger partial charge is 0.373 e. The van der Waals surface area contributed by atoms with Crippen LogP contribution in [0.4, 0.5) is 96.6 Å². The van der Waals surface area contributed by atoms with Crippen molar-refractivity contribution in [1.29, 1.82) is 0 Å². The zero-order valence-electron chi connectivity index (χ0n) is 24.9. The molecular formula is C19H24F22O6Si2. The summed E-state index contributed by atoms with van der Waals surface area (Å²) >= 11 is 0. The van der Waals surface area contributed by atoms with Crippen LogP contribution < -0.4 is 0 Å². The molecule has 0 fully saturated rings. The van der Waals surface area contributed by atoms with Gasteiger partial charge in [0.25, 0.3) is 0 Å². The van der Waals surface area contributed by atoms with E-state index in [2.05, 4.69) is 26.6 Å².